The second kappa shape index (κ2) is 13.1. The molecular formula is C28H50O2. The number of hydrogen-bond donors (Lipinski definition) is 0. The summed E-state index contributed by atoms with van der Waals surface area (Å²) in [7, 11) is 0. The maximum atomic E-state index is 12.1. The number of ether oxygens (including phenoxy) is 1. The largest absolute Gasteiger partial charge is 0.462 e. The third-order valence-corrected chi connectivity index (χ3v) is 8.85. The maximum Gasteiger partial charge on any atom is 0.306 e. The first-order valence-corrected chi connectivity index (χ1v) is 13.9. The molecule has 0 saturated heterocycles. The van der Waals surface area contributed by atoms with Crippen LogP contribution in [0.25, 0.3) is 0 Å². The first kappa shape index (κ1) is 24.1. The van der Waals surface area contributed by atoms with Gasteiger partial charge in [0, 0.05) is 6.42 Å². The van der Waals surface area contributed by atoms with Gasteiger partial charge in [-0.15, -0.1) is 0 Å². The van der Waals surface area contributed by atoms with E-state index in [2.05, 4.69) is 13.8 Å². The Morgan fingerprint density at radius 1 is 0.700 bits per heavy atom. The molecule has 0 aromatic heterocycles. The molecule has 3 aliphatic carbocycles. The zero-order valence-corrected chi connectivity index (χ0v) is 20.2. The lowest BCUT2D eigenvalue weighted by Crippen LogP contribution is -2.43. The van der Waals surface area contributed by atoms with Crippen LogP contribution in [0.3, 0.4) is 0 Å². The molecule has 4 unspecified atom stereocenters. The molecule has 6 atom stereocenters. The molecule has 0 aromatic rings. The molecule has 0 radical (unpaired) electrons. The highest BCUT2D eigenvalue weighted by molar-refractivity contribution is 5.69. The predicted octanol–water partition coefficient (Wildman–Crippen LogP) is 8.47. The average molecular weight is 419 g/mol. The Hall–Kier alpha value is -0.530. The van der Waals surface area contributed by atoms with E-state index in [1.165, 1.54) is 89.9 Å². The molecule has 3 aliphatic rings. The molecule has 174 valence electrons. The summed E-state index contributed by atoms with van der Waals surface area (Å²) in [6.07, 6.45) is 25.3. The van der Waals surface area contributed by atoms with E-state index >= 15 is 0 Å². The highest BCUT2D eigenvalue weighted by Crippen LogP contribution is 2.53. The number of carbonyl (C=O) groups excluding carboxylic acids is 1. The Morgan fingerprint density at radius 3 is 2.10 bits per heavy atom. The number of hydrogen-bond acceptors (Lipinski definition) is 2. The quantitative estimate of drug-likeness (QED) is 0.235. The molecule has 0 aromatic carbocycles. The molecule has 2 heteroatoms. The van der Waals surface area contributed by atoms with E-state index in [0.717, 1.165) is 55.3 Å². The molecule has 0 spiro atoms. The fourth-order valence-electron chi connectivity index (χ4n) is 7.20. The summed E-state index contributed by atoms with van der Waals surface area (Å²) in [5.74, 6) is 4.87. The molecule has 0 N–H and O–H groups in total. The van der Waals surface area contributed by atoms with Gasteiger partial charge in [0.15, 0.2) is 0 Å². The van der Waals surface area contributed by atoms with Gasteiger partial charge in [-0.3, -0.25) is 4.79 Å². The molecular weight excluding hydrogens is 368 g/mol. The van der Waals surface area contributed by atoms with Gasteiger partial charge >= 0.3 is 5.97 Å². The molecule has 3 rings (SSSR count). The van der Waals surface area contributed by atoms with Crippen LogP contribution >= 0.6 is 0 Å². The predicted molar refractivity (Wildman–Crippen MR) is 126 cm³/mol. The van der Waals surface area contributed by atoms with Gasteiger partial charge in [0.1, 0.15) is 6.10 Å². The van der Waals surface area contributed by atoms with Crippen LogP contribution in [0.5, 0.6) is 0 Å². The Bertz CT molecular complexity index is 487. The fraction of sp³-hybridized carbons (Fsp3) is 0.964. The number of fused-ring (bicyclic) bond motifs is 3. The molecule has 0 aliphatic heterocycles. The molecule has 0 bridgehead atoms. The highest BCUT2D eigenvalue weighted by Gasteiger charge is 2.44. The minimum Gasteiger partial charge on any atom is -0.462 e. The number of rotatable bonds is 12. The second-order valence-corrected chi connectivity index (χ2v) is 11.0. The van der Waals surface area contributed by atoms with Gasteiger partial charge in [0.25, 0.3) is 0 Å². The van der Waals surface area contributed by atoms with Crippen molar-refractivity contribution in [3.05, 3.63) is 0 Å². The third kappa shape index (κ3) is 7.27. The van der Waals surface area contributed by atoms with Crippen LogP contribution < -0.4 is 0 Å². The fourth-order valence-corrected chi connectivity index (χ4v) is 7.20. The van der Waals surface area contributed by atoms with Crippen molar-refractivity contribution < 1.29 is 9.53 Å². The van der Waals surface area contributed by atoms with Crippen LogP contribution in [0.2, 0.25) is 0 Å². The number of unbranched alkanes of at least 4 members (excludes halogenated alkanes) is 7. The van der Waals surface area contributed by atoms with Crippen LogP contribution in [-0.4, -0.2) is 12.1 Å². The Morgan fingerprint density at radius 2 is 1.33 bits per heavy atom. The SMILES string of the molecule is CCCCCCCC[C@@H]1CCC2C(CCC3C[C@H](OC(=O)CCCCC)CCC32)C1. The zero-order chi connectivity index (χ0) is 21.2. The van der Waals surface area contributed by atoms with Crippen molar-refractivity contribution >= 4 is 5.97 Å². The van der Waals surface area contributed by atoms with Crippen molar-refractivity contribution in [3.8, 4) is 0 Å². The van der Waals surface area contributed by atoms with E-state index in [4.69, 9.17) is 4.74 Å². The lowest BCUT2D eigenvalue weighted by atomic mass is 9.56. The summed E-state index contributed by atoms with van der Waals surface area (Å²) < 4.78 is 5.88. The number of esters is 1. The van der Waals surface area contributed by atoms with E-state index < -0.39 is 0 Å². The lowest BCUT2D eigenvalue weighted by Gasteiger charge is -2.50. The van der Waals surface area contributed by atoms with Crippen LogP contribution in [0.1, 0.15) is 136 Å². The van der Waals surface area contributed by atoms with E-state index in [1.807, 2.05) is 0 Å². The van der Waals surface area contributed by atoms with Gasteiger partial charge in [-0.05, 0) is 81.0 Å². The van der Waals surface area contributed by atoms with Gasteiger partial charge in [-0.2, -0.15) is 0 Å². The van der Waals surface area contributed by atoms with Gasteiger partial charge < -0.3 is 4.74 Å². The molecule has 3 fully saturated rings. The van der Waals surface area contributed by atoms with Crippen LogP contribution in [-0.2, 0) is 9.53 Å². The second-order valence-electron chi connectivity index (χ2n) is 11.0. The van der Waals surface area contributed by atoms with Crippen LogP contribution in [0.4, 0.5) is 0 Å². The van der Waals surface area contributed by atoms with Crippen molar-refractivity contribution in [1.29, 1.82) is 0 Å². The Kier molecular flexibility index (Phi) is 10.5. The highest BCUT2D eigenvalue weighted by atomic mass is 16.5. The average Bonchev–Trinajstić information content (AvgIpc) is 2.76. The first-order chi connectivity index (χ1) is 14.7. The summed E-state index contributed by atoms with van der Waals surface area (Å²) in [4.78, 5) is 12.1. The molecule has 30 heavy (non-hydrogen) atoms. The van der Waals surface area contributed by atoms with E-state index in [1.54, 1.807) is 0 Å². The van der Waals surface area contributed by atoms with Gasteiger partial charge in [-0.25, -0.2) is 0 Å². The molecule has 0 heterocycles. The van der Waals surface area contributed by atoms with E-state index in [-0.39, 0.29) is 12.1 Å². The first-order valence-electron chi connectivity index (χ1n) is 13.9. The van der Waals surface area contributed by atoms with Gasteiger partial charge in [0.2, 0.25) is 0 Å². The summed E-state index contributed by atoms with van der Waals surface area (Å²) in [6, 6.07) is 0. The summed E-state index contributed by atoms with van der Waals surface area (Å²) in [5.41, 5.74) is 0. The van der Waals surface area contributed by atoms with Crippen molar-refractivity contribution in [2.24, 2.45) is 29.6 Å². The normalized spacial score (nSPS) is 33.5. The minimum atomic E-state index is 0.0655. The van der Waals surface area contributed by atoms with Crippen molar-refractivity contribution in [3.63, 3.8) is 0 Å². The van der Waals surface area contributed by atoms with Crippen molar-refractivity contribution in [2.45, 2.75) is 142 Å². The standard InChI is InChI=1S/C28H50O2/c1-3-5-7-8-9-11-12-22-14-18-26-23(20-22)15-16-24-21-25(17-19-27(24)26)30-28(29)13-10-6-4-2/h22-27H,3-21H2,1-2H3/t22-,23?,24?,25-,26?,27?/m1/s1. The molecule has 0 amide bonds. The molecule has 3 saturated carbocycles. The smallest absolute Gasteiger partial charge is 0.306 e. The third-order valence-electron chi connectivity index (χ3n) is 8.85. The number of carbonyl (C=O) groups is 1. The summed E-state index contributed by atoms with van der Waals surface area (Å²) in [6.45, 7) is 4.49. The maximum absolute atomic E-state index is 12.1. The Balaban J connectivity index is 1.35. The molecule has 2 nitrogen and oxygen atoms in total. The minimum absolute atomic E-state index is 0.0655. The van der Waals surface area contributed by atoms with Crippen molar-refractivity contribution in [2.75, 3.05) is 0 Å². The summed E-state index contributed by atoms with van der Waals surface area (Å²) in [5, 5.41) is 0. The Labute approximate surface area is 187 Å². The monoisotopic (exact) mass is 418 g/mol. The topological polar surface area (TPSA) is 26.3 Å². The van der Waals surface area contributed by atoms with Crippen LogP contribution in [0.15, 0.2) is 0 Å². The van der Waals surface area contributed by atoms with Gasteiger partial charge in [-0.1, -0.05) is 78.1 Å². The van der Waals surface area contributed by atoms with Gasteiger partial charge in [0.05, 0.1) is 0 Å². The lowest BCUT2D eigenvalue weighted by molar-refractivity contribution is -0.153. The zero-order valence-electron chi connectivity index (χ0n) is 20.2. The summed E-state index contributed by atoms with van der Waals surface area (Å²) >= 11 is 0. The van der Waals surface area contributed by atoms with Crippen molar-refractivity contribution in [1.82, 2.24) is 0 Å². The van der Waals surface area contributed by atoms with E-state index in [0.29, 0.717) is 6.42 Å². The van der Waals surface area contributed by atoms with Crippen LogP contribution in [0, 0.1) is 29.6 Å². The van der Waals surface area contributed by atoms with E-state index in [9.17, 15) is 4.79 Å².